The molecule has 0 radical (unpaired) electrons. The molecule has 0 saturated carbocycles. The number of aryl methyl sites for hydroxylation is 1. The zero-order valence-electron chi connectivity index (χ0n) is 13.9. The number of pyridine rings is 2. The molecule has 1 aliphatic rings. The van der Waals surface area contributed by atoms with Gasteiger partial charge in [0.25, 0.3) is 5.56 Å². The Morgan fingerprint density at radius 3 is 2.92 bits per heavy atom. The lowest BCUT2D eigenvalue weighted by Gasteiger charge is -2.29. The largest absolute Gasteiger partial charge is 0.394 e. The molecule has 0 amide bonds. The van der Waals surface area contributed by atoms with E-state index < -0.39 is 0 Å². The first kappa shape index (κ1) is 17.9. The lowest BCUT2D eigenvalue weighted by atomic mass is 10.1. The van der Waals surface area contributed by atoms with Crippen LogP contribution in [0.2, 0.25) is 0 Å². The molecule has 3 heterocycles. The number of ether oxygens (including phenoxy) is 1. The first-order valence-electron chi connectivity index (χ1n) is 8.13. The van der Waals surface area contributed by atoms with Gasteiger partial charge in [0.2, 0.25) is 0 Å². The highest BCUT2D eigenvalue weighted by Gasteiger charge is 2.20. The lowest BCUT2D eigenvalue weighted by Crippen LogP contribution is -2.36. The number of halogens is 1. The number of aromatic nitrogens is 2. The molecule has 0 bridgehead atoms. The van der Waals surface area contributed by atoms with Gasteiger partial charge >= 0.3 is 0 Å². The number of nitrogens with one attached hydrogen (secondary N) is 2. The van der Waals surface area contributed by atoms with Gasteiger partial charge in [-0.15, -0.1) is 0 Å². The number of aliphatic hydroxyl groups is 1. The van der Waals surface area contributed by atoms with E-state index in [1.165, 1.54) is 4.57 Å². The van der Waals surface area contributed by atoms with E-state index in [1.54, 1.807) is 25.5 Å². The molecule has 1 aliphatic heterocycles. The third-order valence-corrected chi connectivity index (χ3v) is 4.55. The minimum atomic E-state index is -0.120. The minimum Gasteiger partial charge on any atom is -0.394 e. The molecular formula is C17H21BrN4O3. The monoisotopic (exact) mass is 408 g/mol. The highest BCUT2D eigenvalue weighted by atomic mass is 79.9. The Kier molecular flexibility index (Phi) is 5.72. The first-order chi connectivity index (χ1) is 12.0. The zero-order chi connectivity index (χ0) is 17.8. The zero-order valence-corrected chi connectivity index (χ0v) is 15.5. The Balaban J connectivity index is 1.62. The molecule has 134 valence electrons. The first-order valence-corrected chi connectivity index (χ1v) is 8.92. The molecule has 0 spiro atoms. The van der Waals surface area contributed by atoms with Crippen LogP contribution in [0.15, 0.2) is 39.9 Å². The van der Waals surface area contributed by atoms with Gasteiger partial charge in [-0.05, 0) is 47.0 Å². The molecular weight excluding hydrogens is 388 g/mol. The SMILES string of the molecule is Cn1cc(Br)cc(Nc2ccc(N[C@@H]3CC[C@@H](CO)OC3)cn2)c1=O. The van der Waals surface area contributed by atoms with Crippen molar-refractivity contribution in [3.8, 4) is 0 Å². The predicted molar refractivity (Wildman–Crippen MR) is 100 cm³/mol. The van der Waals surface area contributed by atoms with Crippen LogP contribution >= 0.6 is 15.9 Å². The van der Waals surface area contributed by atoms with Gasteiger partial charge in [0.15, 0.2) is 0 Å². The molecule has 3 rings (SSSR count). The number of anilines is 3. The van der Waals surface area contributed by atoms with Gasteiger partial charge in [0, 0.05) is 23.8 Å². The highest BCUT2D eigenvalue weighted by Crippen LogP contribution is 2.20. The third kappa shape index (κ3) is 4.59. The van der Waals surface area contributed by atoms with Gasteiger partial charge < -0.3 is 25.0 Å². The maximum Gasteiger partial charge on any atom is 0.274 e. The van der Waals surface area contributed by atoms with Crippen LogP contribution in [0.25, 0.3) is 0 Å². The van der Waals surface area contributed by atoms with Gasteiger partial charge in [0.1, 0.15) is 11.5 Å². The minimum absolute atomic E-state index is 0.0458. The predicted octanol–water partition coefficient (Wildman–Crippen LogP) is 2.24. The van der Waals surface area contributed by atoms with Crippen molar-refractivity contribution in [3.63, 3.8) is 0 Å². The van der Waals surface area contributed by atoms with Crippen LogP contribution in [-0.2, 0) is 11.8 Å². The summed E-state index contributed by atoms with van der Waals surface area (Å²) < 4.78 is 7.88. The van der Waals surface area contributed by atoms with E-state index in [0.29, 0.717) is 18.1 Å². The van der Waals surface area contributed by atoms with Gasteiger partial charge in [-0.25, -0.2) is 4.98 Å². The Labute approximate surface area is 154 Å². The molecule has 25 heavy (non-hydrogen) atoms. The quantitative estimate of drug-likeness (QED) is 0.702. The second-order valence-corrected chi connectivity index (χ2v) is 7.02. The molecule has 2 aromatic rings. The van der Waals surface area contributed by atoms with Crippen molar-refractivity contribution in [2.75, 3.05) is 23.8 Å². The van der Waals surface area contributed by atoms with E-state index in [0.717, 1.165) is 23.0 Å². The molecule has 0 unspecified atom stereocenters. The van der Waals surface area contributed by atoms with Crippen molar-refractivity contribution in [3.05, 3.63) is 45.4 Å². The Morgan fingerprint density at radius 1 is 1.44 bits per heavy atom. The summed E-state index contributed by atoms with van der Waals surface area (Å²) in [6.07, 6.45) is 5.17. The van der Waals surface area contributed by atoms with Crippen LogP contribution in [0.3, 0.4) is 0 Å². The third-order valence-electron chi connectivity index (χ3n) is 4.12. The number of rotatable bonds is 5. The maximum atomic E-state index is 12.1. The second-order valence-electron chi connectivity index (χ2n) is 6.10. The van der Waals surface area contributed by atoms with Gasteiger partial charge in [-0.2, -0.15) is 0 Å². The van der Waals surface area contributed by atoms with Gasteiger partial charge in [-0.1, -0.05) is 0 Å². The van der Waals surface area contributed by atoms with Crippen LogP contribution in [0.4, 0.5) is 17.2 Å². The van der Waals surface area contributed by atoms with Crippen LogP contribution in [0, 0.1) is 0 Å². The fourth-order valence-corrected chi connectivity index (χ4v) is 3.29. The topological polar surface area (TPSA) is 88.4 Å². The molecule has 0 aliphatic carbocycles. The average Bonchev–Trinajstić information content (AvgIpc) is 2.61. The summed E-state index contributed by atoms with van der Waals surface area (Å²) in [6, 6.07) is 5.67. The summed E-state index contributed by atoms with van der Waals surface area (Å²) in [5.41, 5.74) is 1.23. The fourth-order valence-electron chi connectivity index (χ4n) is 2.75. The Bertz CT molecular complexity index is 770. The lowest BCUT2D eigenvalue weighted by molar-refractivity contribution is -0.0223. The van der Waals surface area contributed by atoms with Gasteiger partial charge in [0.05, 0.1) is 31.2 Å². The van der Waals surface area contributed by atoms with Crippen molar-refractivity contribution in [1.82, 2.24) is 9.55 Å². The normalized spacial score (nSPS) is 20.3. The molecule has 1 saturated heterocycles. The summed E-state index contributed by atoms with van der Waals surface area (Å²) in [5, 5.41) is 15.5. The molecule has 3 N–H and O–H groups in total. The molecule has 2 aromatic heterocycles. The Morgan fingerprint density at radius 2 is 2.28 bits per heavy atom. The summed E-state index contributed by atoms with van der Waals surface area (Å²) in [6.45, 7) is 0.642. The molecule has 2 atom stereocenters. The van der Waals surface area contributed by atoms with E-state index in [2.05, 4.69) is 31.5 Å². The summed E-state index contributed by atoms with van der Waals surface area (Å²) in [5.74, 6) is 0.598. The fraction of sp³-hybridized carbons (Fsp3) is 0.412. The smallest absolute Gasteiger partial charge is 0.274 e. The van der Waals surface area contributed by atoms with Crippen LogP contribution in [0.1, 0.15) is 12.8 Å². The Hall–Kier alpha value is -1.90. The van der Waals surface area contributed by atoms with E-state index >= 15 is 0 Å². The van der Waals surface area contributed by atoms with Crippen LogP contribution in [-0.4, -0.2) is 40.0 Å². The number of nitrogens with zero attached hydrogens (tertiary/aromatic N) is 2. The number of aliphatic hydroxyl groups excluding tert-OH is 1. The van der Waals surface area contributed by atoms with Crippen molar-refractivity contribution >= 4 is 33.1 Å². The van der Waals surface area contributed by atoms with Crippen molar-refractivity contribution in [2.45, 2.75) is 25.0 Å². The summed E-state index contributed by atoms with van der Waals surface area (Å²) >= 11 is 3.38. The number of hydrogen-bond acceptors (Lipinski definition) is 6. The van der Waals surface area contributed by atoms with E-state index in [-0.39, 0.29) is 24.3 Å². The standard InChI is InChI=1S/C17H21BrN4O3/c1-22-8-11(18)6-15(17(22)24)21-16-5-3-12(7-19-16)20-13-2-4-14(9-23)25-10-13/h3,5-8,13-14,20,23H,2,4,9-10H2,1H3,(H,19,21)/t13-,14+/m1/s1. The highest BCUT2D eigenvalue weighted by molar-refractivity contribution is 9.10. The van der Waals surface area contributed by atoms with Crippen molar-refractivity contribution in [2.24, 2.45) is 7.05 Å². The van der Waals surface area contributed by atoms with Crippen LogP contribution < -0.4 is 16.2 Å². The van der Waals surface area contributed by atoms with E-state index in [9.17, 15) is 4.79 Å². The molecule has 7 nitrogen and oxygen atoms in total. The van der Waals surface area contributed by atoms with Gasteiger partial charge in [-0.3, -0.25) is 4.79 Å². The average molecular weight is 409 g/mol. The van der Waals surface area contributed by atoms with Crippen molar-refractivity contribution < 1.29 is 9.84 Å². The van der Waals surface area contributed by atoms with E-state index in [4.69, 9.17) is 9.84 Å². The summed E-state index contributed by atoms with van der Waals surface area (Å²) in [7, 11) is 1.70. The second kappa shape index (κ2) is 7.99. The summed E-state index contributed by atoms with van der Waals surface area (Å²) in [4.78, 5) is 16.5. The molecule has 1 fully saturated rings. The molecule has 8 heteroatoms. The van der Waals surface area contributed by atoms with E-state index in [1.807, 2.05) is 12.1 Å². The molecule has 0 aromatic carbocycles. The van der Waals surface area contributed by atoms with Crippen LogP contribution in [0.5, 0.6) is 0 Å². The number of hydrogen-bond donors (Lipinski definition) is 3. The van der Waals surface area contributed by atoms with Crippen molar-refractivity contribution in [1.29, 1.82) is 0 Å². The maximum absolute atomic E-state index is 12.1.